The first-order valence-corrected chi connectivity index (χ1v) is 7.63. The number of benzene rings is 1. The minimum absolute atomic E-state index is 0.438. The molecule has 2 aromatic rings. The standard InChI is InChI=1S/C17H22ClNO2/c1-20-10-8-19-13-14(12-16-6-4-9-21-16)11-15-5-2-3-7-17(15)18/h2-7,9,14,19H,8,10-13H2,1H3. The smallest absolute Gasteiger partial charge is 0.104 e. The predicted molar refractivity (Wildman–Crippen MR) is 85.8 cm³/mol. The van der Waals surface area contributed by atoms with Crippen molar-refractivity contribution in [1.29, 1.82) is 0 Å². The summed E-state index contributed by atoms with van der Waals surface area (Å²) in [4.78, 5) is 0. The highest BCUT2D eigenvalue weighted by molar-refractivity contribution is 6.31. The molecule has 1 heterocycles. The molecule has 1 aromatic heterocycles. The molecule has 0 fully saturated rings. The van der Waals surface area contributed by atoms with E-state index in [1.165, 1.54) is 5.56 Å². The SMILES string of the molecule is COCCNCC(Cc1ccco1)Cc1ccccc1Cl. The van der Waals surface area contributed by atoms with Crippen molar-refractivity contribution in [3.05, 3.63) is 59.0 Å². The van der Waals surface area contributed by atoms with Crippen LogP contribution in [0, 0.1) is 5.92 Å². The van der Waals surface area contributed by atoms with Gasteiger partial charge in [-0.15, -0.1) is 0 Å². The van der Waals surface area contributed by atoms with Crippen molar-refractivity contribution in [3.63, 3.8) is 0 Å². The van der Waals surface area contributed by atoms with Crippen molar-refractivity contribution in [1.82, 2.24) is 5.32 Å². The van der Waals surface area contributed by atoms with Crippen molar-refractivity contribution >= 4 is 11.6 Å². The van der Waals surface area contributed by atoms with Crippen molar-refractivity contribution in [3.8, 4) is 0 Å². The van der Waals surface area contributed by atoms with Crippen LogP contribution in [0.1, 0.15) is 11.3 Å². The van der Waals surface area contributed by atoms with Gasteiger partial charge in [0.05, 0.1) is 12.9 Å². The topological polar surface area (TPSA) is 34.4 Å². The van der Waals surface area contributed by atoms with E-state index in [2.05, 4.69) is 11.4 Å². The Bertz CT molecular complexity index is 513. The van der Waals surface area contributed by atoms with E-state index in [1.54, 1.807) is 13.4 Å². The zero-order valence-electron chi connectivity index (χ0n) is 12.3. The minimum Gasteiger partial charge on any atom is -0.469 e. The molecule has 21 heavy (non-hydrogen) atoms. The van der Waals surface area contributed by atoms with Crippen LogP contribution in [0.15, 0.2) is 47.1 Å². The Balaban J connectivity index is 1.95. The maximum absolute atomic E-state index is 6.27. The summed E-state index contributed by atoms with van der Waals surface area (Å²) < 4.78 is 10.5. The number of nitrogens with one attached hydrogen (secondary N) is 1. The molecule has 0 radical (unpaired) electrons. The van der Waals surface area contributed by atoms with Crippen LogP contribution in [0.3, 0.4) is 0 Å². The highest BCUT2D eigenvalue weighted by Crippen LogP contribution is 2.21. The summed E-state index contributed by atoms with van der Waals surface area (Å²) in [5, 5.41) is 4.26. The summed E-state index contributed by atoms with van der Waals surface area (Å²) in [5.41, 5.74) is 1.18. The van der Waals surface area contributed by atoms with Gasteiger partial charge in [-0.25, -0.2) is 0 Å². The molecule has 0 aliphatic carbocycles. The van der Waals surface area contributed by atoms with Crippen LogP contribution >= 0.6 is 11.6 Å². The van der Waals surface area contributed by atoms with Gasteiger partial charge in [0.2, 0.25) is 0 Å². The number of ether oxygens (including phenoxy) is 1. The number of furan rings is 1. The van der Waals surface area contributed by atoms with Crippen LogP contribution in [0.25, 0.3) is 0 Å². The Morgan fingerprint density at radius 2 is 2.05 bits per heavy atom. The lowest BCUT2D eigenvalue weighted by Gasteiger charge is -2.17. The largest absolute Gasteiger partial charge is 0.469 e. The number of rotatable bonds is 9. The normalized spacial score (nSPS) is 12.5. The van der Waals surface area contributed by atoms with E-state index in [0.717, 1.165) is 43.3 Å². The van der Waals surface area contributed by atoms with E-state index < -0.39 is 0 Å². The van der Waals surface area contributed by atoms with Gasteiger partial charge in [0.1, 0.15) is 5.76 Å². The second-order valence-electron chi connectivity index (χ2n) is 5.14. The van der Waals surface area contributed by atoms with Gasteiger partial charge in [0, 0.05) is 25.1 Å². The fourth-order valence-corrected chi connectivity index (χ4v) is 2.60. The van der Waals surface area contributed by atoms with Gasteiger partial charge in [-0.2, -0.15) is 0 Å². The Morgan fingerprint density at radius 1 is 1.19 bits per heavy atom. The van der Waals surface area contributed by atoms with E-state index >= 15 is 0 Å². The summed E-state index contributed by atoms with van der Waals surface area (Å²) in [5.74, 6) is 1.45. The minimum atomic E-state index is 0.438. The lowest BCUT2D eigenvalue weighted by Crippen LogP contribution is -2.28. The quantitative estimate of drug-likeness (QED) is 0.719. The molecule has 0 bridgehead atoms. The van der Waals surface area contributed by atoms with E-state index in [0.29, 0.717) is 5.92 Å². The maximum atomic E-state index is 6.27. The van der Waals surface area contributed by atoms with Gasteiger partial charge in [0.15, 0.2) is 0 Å². The fourth-order valence-electron chi connectivity index (χ4n) is 2.39. The first-order valence-electron chi connectivity index (χ1n) is 7.25. The summed E-state index contributed by atoms with van der Waals surface area (Å²) in [6.45, 7) is 2.49. The fraction of sp³-hybridized carbons (Fsp3) is 0.412. The first-order chi connectivity index (χ1) is 10.3. The lowest BCUT2D eigenvalue weighted by molar-refractivity contribution is 0.197. The number of hydrogen-bond acceptors (Lipinski definition) is 3. The molecule has 1 aromatic carbocycles. The van der Waals surface area contributed by atoms with E-state index in [9.17, 15) is 0 Å². The first kappa shape index (κ1) is 16.1. The zero-order chi connectivity index (χ0) is 14.9. The molecule has 114 valence electrons. The number of hydrogen-bond donors (Lipinski definition) is 1. The van der Waals surface area contributed by atoms with Crippen molar-refractivity contribution in [2.75, 3.05) is 26.8 Å². The van der Waals surface area contributed by atoms with Gasteiger partial charge >= 0.3 is 0 Å². The highest BCUT2D eigenvalue weighted by Gasteiger charge is 2.14. The second-order valence-corrected chi connectivity index (χ2v) is 5.55. The predicted octanol–water partition coefficient (Wildman–Crippen LogP) is 3.57. The third-order valence-electron chi connectivity index (χ3n) is 3.45. The van der Waals surface area contributed by atoms with Crippen LogP contribution in [0.2, 0.25) is 5.02 Å². The van der Waals surface area contributed by atoms with Gasteiger partial charge < -0.3 is 14.5 Å². The molecule has 0 spiro atoms. The molecule has 0 aliphatic rings. The molecule has 1 atom stereocenters. The molecule has 3 nitrogen and oxygen atoms in total. The van der Waals surface area contributed by atoms with Crippen molar-refractivity contribution < 1.29 is 9.15 Å². The Hall–Kier alpha value is -1.29. The Kier molecular flexibility index (Phi) is 6.80. The number of halogens is 1. The third kappa shape index (κ3) is 5.54. The average Bonchev–Trinajstić information content (AvgIpc) is 2.99. The van der Waals surface area contributed by atoms with Crippen LogP contribution in [0.5, 0.6) is 0 Å². The molecule has 4 heteroatoms. The molecule has 1 unspecified atom stereocenters. The van der Waals surface area contributed by atoms with Crippen LogP contribution < -0.4 is 5.32 Å². The maximum Gasteiger partial charge on any atom is 0.104 e. The Labute approximate surface area is 131 Å². The summed E-state index contributed by atoms with van der Waals surface area (Å²) >= 11 is 6.27. The van der Waals surface area contributed by atoms with Crippen molar-refractivity contribution in [2.45, 2.75) is 12.8 Å². The molecular weight excluding hydrogens is 286 g/mol. The monoisotopic (exact) mass is 307 g/mol. The summed E-state index contributed by atoms with van der Waals surface area (Å²) in [6, 6.07) is 12.0. The van der Waals surface area contributed by atoms with Gasteiger partial charge in [0.25, 0.3) is 0 Å². The van der Waals surface area contributed by atoms with Crippen molar-refractivity contribution in [2.24, 2.45) is 5.92 Å². The highest BCUT2D eigenvalue weighted by atomic mass is 35.5. The molecule has 0 amide bonds. The Morgan fingerprint density at radius 3 is 2.76 bits per heavy atom. The molecule has 2 rings (SSSR count). The average molecular weight is 308 g/mol. The zero-order valence-corrected chi connectivity index (χ0v) is 13.1. The van der Waals surface area contributed by atoms with E-state index in [1.807, 2.05) is 30.3 Å². The summed E-state index contributed by atoms with van der Waals surface area (Å²) in [6.07, 6.45) is 3.55. The second kappa shape index (κ2) is 8.88. The van der Waals surface area contributed by atoms with E-state index in [4.69, 9.17) is 20.8 Å². The molecular formula is C17H22ClNO2. The molecule has 0 aliphatic heterocycles. The summed E-state index contributed by atoms with van der Waals surface area (Å²) in [7, 11) is 1.71. The lowest BCUT2D eigenvalue weighted by atomic mass is 9.95. The van der Waals surface area contributed by atoms with Gasteiger partial charge in [-0.05, 0) is 42.6 Å². The van der Waals surface area contributed by atoms with Crippen LogP contribution in [0.4, 0.5) is 0 Å². The van der Waals surface area contributed by atoms with Gasteiger partial charge in [-0.1, -0.05) is 29.8 Å². The van der Waals surface area contributed by atoms with Gasteiger partial charge in [-0.3, -0.25) is 0 Å². The molecule has 0 saturated heterocycles. The van der Waals surface area contributed by atoms with E-state index in [-0.39, 0.29) is 0 Å². The number of methoxy groups -OCH3 is 1. The van der Waals surface area contributed by atoms with Crippen LogP contribution in [-0.4, -0.2) is 26.8 Å². The van der Waals surface area contributed by atoms with Crippen LogP contribution in [-0.2, 0) is 17.6 Å². The molecule has 0 saturated carbocycles. The molecule has 1 N–H and O–H groups in total. The third-order valence-corrected chi connectivity index (χ3v) is 3.82.